The van der Waals surface area contributed by atoms with Crippen LogP contribution in [0.1, 0.15) is 23.0 Å². The molecular formula is C13H21N3OS. The highest BCUT2D eigenvalue weighted by molar-refractivity contribution is 7.98. The maximum atomic E-state index is 12.3. The molecule has 1 rings (SSSR count). The second kappa shape index (κ2) is 7.26. The normalized spacial score (nSPS) is 10.2. The molecule has 0 bridgehead atoms. The van der Waals surface area contributed by atoms with Crippen LogP contribution in [-0.2, 0) is 0 Å². The van der Waals surface area contributed by atoms with E-state index in [2.05, 4.69) is 10.3 Å². The summed E-state index contributed by atoms with van der Waals surface area (Å²) >= 11 is 1.73. The summed E-state index contributed by atoms with van der Waals surface area (Å²) < 4.78 is 0. The summed E-state index contributed by atoms with van der Waals surface area (Å²) in [6.45, 7) is 5.48. The fourth-order valence-electron chi connectivity index (χ4n) is 1.60. The lowest BCUT2D eigenvalue weighted by molar-refractivity contribution is 0.0804. The molecule has 0 fully saturated rings. The van der Waals surface area contributed by atoms with Gasteiger partial charge >= 0.3 is 0 Å². The van der Waals surface area contributed by atoms with Crippen molar-refractivity contribution in [1.82, 2.24) is 9.88 Å². The number of carbonyl (C=O) groups is 1. The minimum atomic E-state index is 0.0208. The summed E-state index contributed by atoms with van der Waals surface area (Å²) in [6.07, 6.45) is 3.70. The Morgan fingerprint density at radius 2 is 2.28 bits per heavy atom. The molecule has 0 saturated carbocycles. The Balaban J connectivity index is 2.90. The summed E-state index contributed by atoms with van der Waals surface area (Å²) in [6, 6.07) is 1.92. The molecule has 18 heavy (non-hydrogen) atoms. The van der Waals surface area contributed by atoms with Crippen molar-refractivity contribution in [3.8, 4) is 0 Å². The van der Waals surface area contributed by atoms with Crippen LogP contribution in [-0.4, -0.2) is 47.9 Å². The zero-order valence-corrected chi connectivity index (χ0v) is 12.3. The van der Waals surface area contributed by atoms with Crippen molar-refractivity contribution in [1.29, 1.82) is 0 Å². The van der Waals surface area contributed by atoms with Crippen LogP contribution >= 0.6 is 11.8 Å². The quantitative estimate of drug-likeness (QED) is 0.858. The van der Waals surface area contributed by atoms with Crippen molar-refractivity contribution in [2.75, 3.05) is 37.5 Å². The van der Waals surface area contributed by atoms with Gasteiger partial charge in [-0.05, 0) is 26.2 Å². The van der Waals surface area contributed by atoms with E-state index in [9.17, 15) is 4.79 Å². The smallest absolute Gasteiger partial charge is 0.257 e. The number of amides is 1. The Morgan fingerprint density at radius 3 is 2.89 bits per heavy atom. The first-order valence-electron chi connectivity index (χ1n) is 6.05. The Hall–Kier alpha value is -1.23. The summed E-state index contributed by atoms with van der Waals surface area (Å²) in [5.74, 6) is 0.963. The Kier molecular flexibility index (Phi) is 5.98. The van der Waals surface area contributed by atoms with Crippen LogP contribution in [0, 0.1) is 6.92 Å². The van der Waals surface area contributed by atoms with Gasteiger partial charge in [-0.15, -0.1) is 0 Å². The molecular weight excluding hydrogens is 246 g/mol. The monoisotopic (exact) mass is 267 g/mol. The van der Waals surface area contributed by atoms with Crippen LogP contribution in [0.5, 0.6) is 0 Å². The molecule has 1 heterocycles. The van der Waals surface area contributed by atoms with Gasteiger partial charge in [0.15, 0.2) is 0 Å². The van der Waals surface area contributed by atoms with Gasteiger partial charge in [0.2, 0.25) is 0 Å². The minimum Gasteiger partial charge on any atom is -0.385 e. The van der Waals surface area contributed by atoms with E-state index in [-0.39, 0.29) is 5.91 Å². The van der Waals surface area contributed by atoms with E-state index in [1.165, 1.54) is 0 Å². The van der Waals surface area contributed by atoms with Crippen LogP contribution in [0.3, 0.4) is 0 Å². The lowest BCUT2D eigenvalue weighted by Crippen LogP contribution is -2.29. The molecule has 5 heteroatoms. The fourth-order valence-corrected chi connectivity index (χ4v) is 2.06. The first-order valence-corrected chi connectivity index (χ1v) is 7.44. The third kappa shape index (κ3) is 3.91. The summed E-state index contributed by atoms with van der Waals surface area (Å²) in [4.78, 5) is 18.2. The largest absolute Gasteiger partial charge is 0.385 e. The van der Waals surface area contributed by atoms with Crippen molar-refractivity contribution in [3.05, 3.63) is 23.5 Å². The van der Waals surface area contributed by atoms with Crippen molar-refractivity contribution in [2.45, 2.75) is 13.8 Å². The van der Waals surface area contributed by atoms with E-state index in [0.29, 0.717) is 5.56 Å². The minimum absolute atomic E-state index is 0.0208. The highest BCUT2D eigenvalue weighted by Gasteiger charge is 2.16. The van der Waals surface area contributed by atoms with Gasteiger partial charge in [-0.2, -0.15) is 11.8 Å². The molecule has 1 amide bonds. The number of rotatable bonds is 6. The average molecular weight is 267 g/mol. The van der Waals surface area contributed by atoms with E-state index in [1.807, 2.05) is 33.2 Å². The van der Waals surface area contributed by atoms with E-state index in [1.54, 1.807) is 22.9 Å². The second-order valence-corrected chi connectivity index (χ2v) is 5.11. The van der Waals surface area contributed by atoms with E-state index in [4.69, 9.17) is 0 Å². The van der Waals surface area contributed by atoms with Gasteiger partial charge in [-0.25, -0.2) is 0 Å². The predicted octanol–water partition coefficient (Wildman–Crippen LogP) is 2.26. The van der Waals surface area contributed by atoms with E-state index >= 15 is 0 Å². The molecule has 0 aliphatic heterocycles. The number of aromatic nitrogens is 1. The van der Waals surface area contributed by atoms with Crippen molar-refractivity contribution >= 4 is 23.4 Å². The number of pyridine rings is 1. The van der Waals surface area contributed by atoms with Crippen molar-refractivity contribution < 1.29 is 4.79 Å². The van der Waals surface area contributed by atoms with Gasteiger partial charge in [0.1, 0.15) is 0 Å². The van der Waals surface area contributed by atoms with Crippen LogP contribution in [0.2, 0.25) is 0 Å². The molecule has 100 valence electrons. The molecule has 0 radical (unpaired) electrons. The molecule has 0 saturated heterocycles. The van der Waals surface area contributed by atoms with Crippen molar-refractivity contribution in [2.24, 2.45) is 0 Å². The van der Waals surface area contributed by atoms with Gasteiger partial charge in [0, 0.05) is 37.8 Å². The second-order valence-electron chi connectivity index (χ2n) is 4.12. The molecule has 1 aromatic heterocycles. The molecule has 0 aliphatic rings. The van der Waals surface area contributed by atoms with Crippen LogP contribution in [0.15, 0.2) is 12.3 Å². The Bertz CT molecular complexity index is 409. The number of thioether (sulfide) groups is 1. The zero-order valence-electron chi connectivity index (χ0n) is 11.5. The van der Waals surface area contributed by atoms with Crippen LogP contribution < -0.4 is 5.32 Å². The number of anilines is 1. The average Bonchev–Trinajstić information content (AvgIpc) is 2.36. The van der Waals surface area contributed by atoms with E-state index in [0.717, 1.165) is 30.2 Å². The van der Waals surface area contributed by atoms with Gasteiger partial charge in [0.05, 0.1) is 11.3 Å². The summed E-state index contributed by atoms with van der Waals surface area (Å²) in [7, 11) is 1.83. The maximum absolute atomic E-state index is 12.3. The standard InChI is InChI=1S/C13H21N3OS/c1-5-14-12-8-10(2)15-9-11(12)13(17)16(3)6-7-18-4/h8-9H,5-7H2,1-4H3,(H,14,15). The number of hydrogen-bond donors (Lipinski definition) is 1. The molecule has 0 atom stereocenters. The van der Waals surface area contributed by atoms with Gasteiger partial charge in [-0.1, -0.05) is 0 Å². The van der Waals surface area contributed by atoms with E-state index < -0.39 is 0 Å². The van der Waals surface area contributed by atoms with Gasteiger partial charge in [0.25, 0.3) is 5.91 Å². The Morgan fingerprint density at radius 1 is 1.56 bits per heavy atom. The van der Waals surface area contributed by atoms with Crippen LogP contribution in [0.4, 0.5) is 5.69 Å². The molecule has 0 aliphatic carbocycles. The zero-order chi connectivity index (χ0) is 13.5. The molecule has 0 aromatic carbocycles. The molecule has 0 unspecified atom stereocenters. The molecule has 4 nitrogen and oxygen atoms in total. The first kappa shape index (κ1) is 14.8. The Labute approximate surface area is 113 Å². The highest BCUT2D eigenvalue weighted by Crippen LogP contribution is 2.17. The number of aryl methyl sites for hydroxylation is 1. The van der Waals surface area contributed by atoms with Gasteiger partial charge < -0.3 is 10.2 Å². The number of nitrogens with zero attached hydrogens (tertiary/aromatic N) is 2. The summed E-state index contributed by atoms with van der Waals surface area (Å²) in [5.41, 5.74) is 2.42. The summed E-state index contributed by atoms with van der Waals surface area (Å²) in [5, 5.41) is 3.22. The molecule has 1 N–H and O–H groups in total. The van der Waals surface area contributed by atoms with Crippen molar-refractivity contribution in [3.63, 3.8) is 0 Å². The third-order valence-corrected chi connectivity index (χ3v) is 3.21. The number of hydrogen-bond acceptors (Lipinski definition) is 4. The highest BCUT2D eigenvalue weighted by atomic mass is 32.2. The van der Waals surface area contributed by atoms with Gasteiger partial charge in [-0.3, -0.25) is 9.78 Å². The molecule has 0 spiro atoms. The SMILES string of the molecule is CCNc1cc(C)ncc1C(=O)N(C)CCSC. The fraction of sp³-hybridized carbons (Fsp3) is 0.538. The number of carbonyl (C=O) groups excluding carboxylic acids is 1. The third-order valence-electron chi connectivity index (χ3n) is 2.62. The predicted molar refractivity (Wildman–Crippen MR) is 78.5 cm³/mol. The lowest BCUT2D eigenvalue weighted by atomic mass is 10.2. The topological polar surface area (TPSA) is 45.2 Å². The molecule has 1 aromatic rings. The first-order chi connectivity index (χ1) is 8.60. The maximum Gasteiger partial charge on any atom is 0.257 e. The lowest BCUT2D eigenvalue weighted by Gasteiger charge is -2.19. The number of nitrogens with one attached hydrogen (secondary N) is 1. The van der Waals surface area contributed by atoms with Crippen LogP contribution in [0.25, 0.3) is 0 Å².